The van der Waals surface area contributed by atoms with Gasteiger partial charge in [-0.2, -0.15) is 4.98 Å². The van der Waals surface area contributed by atoms with Gasteiger partial charge < -0.3 is 9.84 Å². The van der Waals surface area contributed by atoms with Gasteiger partial charge in [-0.3, -0.25) is 14.6 Å². The highest BCUT2D eigenvalue weighted by Gasteiger charge is 2.25. The maximum absolute atomic E-state index is 12.5. The molecule has 7 nitrogen and oxygen atoms in total. The predicted octanol–water partition coefficient (Wildman–Crippen LogP) is 4.56. The van der Waals surface area contributed by atoms with E-state index >= 15 is 0 Å². The molecule has 2 heterocycles. The molecule has 1 amide bonds. The van der Waals surface area contributed by atoms with Crippen LogP contribution in [-0.2, 0) is 11.2 Å². The first-order valence-electron chi connectivity index (χ1n) is 10.6. The van der Waals surface area contributed by atoms with Crippen molar-refractivity contribution in [2.24, 2.45) is 5.92 Å². The Hall–Kier alpha value is -3.35. The number of hydrogen-bond acceptors (Lipinski definition) is 6. The van der Waals surface area contributed by atoms with Crippen molar-refractivity contribution in [2.45, 2.75) is 52.5 Å². The van der Waals surface area contributed by atoms with Gasteiger partial charge in [-0.1, -0.05) is 56.6 Å². The summed E-state index contributed by atoms with van der Waals surface area (Å²) < 4.78 is 5.40. The predicted molar refractivity (Wildman–Crippen MR) is 117 cm³/mol. The van der Waals surface area contributed by atoms with Crippen molar-refractivity contribution in [3.63, 3.8) is 0 Å². The highest BCUT2D eigenvalue weighted by Crippen LogP contribution is 2.23. The van der Waals surface area contributed by atoms with Crippen LogP contribution >= 0.6 is 0 Å². The molecule has 3 rings (SSSR count). The fourth-order valence-corrected chi connectivity index (χ4v) is 3.25. The molecule has 1 aromatic carbocycles. The second kappa shape index (κ2) is 10.6. The average molecular weight is 421 g/mol. The highest BCUT2D eigenvalue weighted by atomic mass is 16.5. The zero-order valence-corrected chi connectivity index (χ0v) is 18.2. The van der Waals surface area contributed by atoms with Crippen molar-refractivity contribution in [2.75, 3.05) is 0 Å². The SMILES string of the molecule is CCCc1ccc(C(=O)CCC(=O)NC(c2nc(-c3cccnc3)no2)C(C)C)cc1. The van der Waals surface area contributed by atoms with E-state index in [-0.39, 0.29) is 30.4 Å². The van der Waals surface area contributed by atoms with Gasteiger partial charge in [0.15, 0.2) is 5.78 Å². The minimum Gasteiger partial charge on any atom is -0.344 e. The summed E-state index contributed by atoms with van der Waals surface area (Å²) >= 11 is 0. The smallest absolute Gasteiger partial charge is 0.249 e. The van der Waals surface area contributed by atoms with Crippen LogP contribution in [0.5, 0.6) is 0 Å². The topological polar surface area (TPSA) is 98.0 Å². The third-order valence-electron chi connectivity index (χ3n) is 5.00. The maximum Gasteiger partial charge on any atom is 0.249 e. The standard InChI is InChI=1S/C24H28N4O3/c1-4-6-17-8-10-18(11-9-17)20(29)12-13-21(30)26-22(16(2)3)24-27-23(28-31-24)19-7-5-14-25-15-19/h5,7-11,14-16,22H,4,6,12-13H2,1-3H3,(H,26,30). The third kappa shape index (κ3) is 6.07. The molecule has 0 radical (unpaired) electrons. The molecule has 3 aromatic rings. The van der Waals surface area contributed by atoms with Gasteiger partial charge in [0.05, 0.1) is 0 Å². The lowest BCUT2D eigenvalue weighted by atomic mass is 10.0. The van der Waals surface area contributed by atoms with E-state index in [0.717, 1.165) is 18.4 Å². The van der Waals surface area contributed by atoms with Crippen LogP contribution in [0, 0.1) is 5.92 Å². The number of nitrogens with one attached hydrogen (secondary N) is 1. The number of Topliss-reactive ketones (excluding diaryl/α,β-unsaturated/α-hetero) is 1. The number of carbonyl (C=O) groups is 2. The Morgan fingerprint density at radius 3 is 2.52 bits per heavy atom. The summed E-state index contributed by atoms with van der Waals surface area (Å²) in [6.07, 6.45) is 5.62. The minimum absolute atomic E-state index is 0.0351. The molecule has 0 bridgehead atoms. The van der Waals surface area contributed by atoms with Gasteiger partial charge in [0.2, 0.25) is 17.6 Å². The van der Waals surface area contributed by atoms with Crippen LogP contribution in [0.25, 0.3) is 11.4 Å². The van der Waals surface area contributed by atoms with Crippen LogP contribution in [0.15, 0.2) is 53.3 Å². The van der Waals surface area contributed by atoms with Gasteiger partial charge in [-0.15, -0.1) is 0 Å². The van der Waals surface area contributed by atoms with E-state index < -0.39 is 6.04 Å². The number of ketones is 1. The zero-order chi connectivity index (χ0) is 22.2. The number of benzene rings is 1. The van der Waals surface area contributed by atoms with Gasteiger partial charge in [0.1, 0.15) is 6.04 Å². The summed E-state index contributed by atoms with van der Waals surface area (Å²) in [6.45, 7) is 6.04. The van der Waals surface area contributed by atoms with E-state index in [0.29, 0.717) is 17.3 Å². The first-order chi connectivity index (χ1) is 15.0. The number of hydrogen-bond donors (Lipinski definition) is 1. The molecule has 1 unspecified atom stereocenters. The normalized spacial score (nSPS) is 12.0. The Labute approximate surface area is 182 Å². The molecule has 2 aromatic heterocycles. The number of carbonyl (C=O) groups excluding carboxylic acids is 2. The number of nitrogens with zero attached hydrogens (tertiary/aromatic N) is 3. The monoisotopic (exact) mass is 420 g/mol. The molecule has 1 N–H and O–H groups in total. The third-order valence-corrected chi connectivity index (χ3v) is 5.00. The van der Waals surface area contributed by atoms with Crippen LogP contribution in [0.4, 0.5) is 0 Å². The van der Waals surface area contributed by atoms with Crippen LogP contribution in [0.1, 0.15) is 67.9 Å². The first kappa shape index (κ1) is 22.3. The Kier molecular flexibility index (Phi) is 7.65. The molecule has 7 heteroatoms. The minimum atomic E-state index is -0.436. The Morgan fingerprint density at radius 1 is 1.10 bits per heavy atom. The van der Waals surface area contributed by atoms with E-state index in [2.05, 4.69) is 27.4 Å². The summed E-state index contributed by atoms with van der Waals surface area (Å²) in [5, 5.41) is 6.93. The van der Waals surface area contributed by atoms with Crippen molar-refractivity contribution in [1.82, 2.24) is 20.4 Å². The largest absolute Gasteiger partial charge is 0.344 e. The Balaban J connectivity index is 1.58. The van der Waals surface area contributed by atoms with Crippen LogP contribution in [0.3, 0.4) is 0 Å². The van der Waals surface area contributed by atoms with Gasteiger partial charge in [-0.25, -0.2) is 0 Å². The van der Waals surface area contributed by atoms with E-state index in [4.69, 9.17) is 4.52 Å². The van der Waals surface area contributed by atoms with Crippen molar-refractivity contribution < 1.29 is 14.1 Å². The van der Waals surface area contributed by atoms with Crippen molar-refractivity contribution in [1.29, 1.82) is 0 Å². The molecule has 0 fully saturated rings. The molecular formula is C24H28N4O3. The van der Waals surface area contributed by atoms with Gasteiger partial charge >= 0.3 is 0 Å². The fraction of sp³-hybridized carbons (Fsp3) is 0.375. The molecule has 0 aliphatic rings. The second-order valence-corrected chi connectivity index (χ2v) is 7.86. The molecule has 0 spiro atoms. The quantitative estimate of drug-likeness (QED) is 0.483. The molecule has 1 atom stereocenters. The first-order valence-corrected chi connectivity index (χ1v) is 10.6. The molecule has 0 saturated heterocycles. The van der Waals surface area contributed by atoms with E-state index in [1.807, 2.05) is 44.2 Å². The van der Waals surface area contributed by atoms with Crippen molar-refractivity contribution >= 4 is 11.7 Å². The Bertz CT molecular complexity index is 997. The lowest BCUT2D eigenvalue weighted by molar-refractivity contribution is -0.122. The van der Waals surface area contributed by atoms with Crippen LogP contribution in [0.2, 0.25) is 0 Å². The number of rotatable bonds is 10. The molecule has 31 heavy (non-hydrogen) atoms. The maximum atomic E-state index is 12.5. The second-order valence-electron chi connectivity index (χ2n) is 7.86. The van der Waals surface area contributed by atoms with E-state index in [1.165, 1.54) is 5.56 Å². The summed E-state index contributed by atoms with van der Waals surface area (Å²) in [7, 11) is 0. The van der Waals surface area contributed by atoms with Gasteiger partial charge in [0, 0.05) is 36.4 Å². The molecule has 162 valence electrons. The summed E-state index contributed by atoms with van der Waals surface area (Å²) in [5.41, 5.74) is 2.58. The molecule has 0 aliphatic carbocycles. The molecule has 0 saturated carbocycles. The summed E-state index contributed by atoms with van der Waals surface area (Å²) in [4.78, 5) is 33.4. The number of pyridine rings is 1. The number of aromatic nitrogens is 3. The summed E-state index contributed by atoms with van der Waals surface area (Å²) in [5.74, 6) is 0.518. The van der Waals surface area contributed by atoms with E-state index in [1.54, 1.807) is 18.5 Å². The van der Waals surface area contributed by atoms with Gasteiger partial charge in [-0.05, 0) is 30.0 Å². The van der Waals surface area contributed by atoms with Crippen molar-refractivity contribution in [3.05, 3.63) is 65.8 Å². The zero-order valence-electron chi connectivity index (χ0n) is 18.2. The fourth-order valence-electron chi connectivity index (χ4n) is 3.25. The van der Waals surface area contributed by atoms with Crippen LogP contribution in [-0.4, -0.2) is 26.8 Å². The van der Waals surface area contributed by atoms with Crippen molar-refractivity contribution in [3.8, 4) is 11.4 Å². The van der Waals surface area contributed by atoms with Gasteiger partial charge in [0.25, 0.3) is 0 Å². The average Bonchev–Trinajstić information content (AvgIpc) is 3.27. The lowest BCUT2D eigenvalue weighted by Gasteiger charge is -2.18. The van der Waals surface area contributed by atoms with E-state index in [9.17, 15) is 9.59 Å². The highest BCUT2D eigenvalue weighted by molar-refractivity contribution is 5.98. The number of aryl methyl sites for hydroxylation is 1. The lowest BCUT2D eigenvalue weighted by Crippen LogP contribution is -2.32. The summed E-state index contributed by atoms with van der Waals surface area (Å²) in [6, 6.07) is 10.8. The molecule has 0 aliphatic heterocycles. The Morgan fingerprint density at radius 2 is 1.87 bits per heavy atom. The number of amides is 1. The van der Waals surface area contributed by atoms with Crippen LogP contribution < -0.4 is 5.32 Å². The molecular weight excluding hydrogens is 392 g/mol.